The van der Waals surface area contributed by atoms with Crippen LogP contribution in [0.25, 0.3) is 0 Å². The van der Waals surface area contributed by atoms with Crippen LogP contribution in [-0.2, 0) is 11.2 Å². The van der Waals surface area contributed by atoms with E-state index >= 15 is 0 Å². The van der Waals surface area contributed by atoms with E-state index in [9.17, 15) is 4.79 Å². The van der Waals surface area contributed by atoms with Gasteiger partial charge in [0.05, 0.1) is 5.02 Å². The molecule has 0 saturated heterocycles. The van der Waals surface area contributed by atoms with Crippen LogP contribution in [0.1, 0.15) is 12.5 Å². The summed E-state index contributed by atoms with van der Waals surface area (Å²) in [6.45, 7) is 1.83. The lowest BCUT2D eigenvalue weighted by Gasteiger charge is -2.06. The molecule has 0 fully saturated rings. The Morgan fingerprint density at radius 1 is 1.77 bits per heavy atom. The largest absolute Gasteiger partial charge is 0.383 e. The molecule has 0 radical (unpaired) electrons. The second-order valence-corrected chi connectivity index (χ2v) is 3.45. The fourth-order valence-electron chi connectivity index (χ4n) is 1.05. The van der Waals surface area contributed by atoms with E-state index in [-0.39, 0.29) is 5.92 Å². The molecular formula is C9H11ClN2O. The Hall–Kier alpha value is -1.09. The molecule has 4 heteroatoms. The molecule has 1 aromatic heterocycles. The molecule has 1 heterocycles. The lowest BCUT2D eigenvalue weighted by Crippen LogP contribution is -2.05. The molecule has 1 rings (SSSR count). The molecule has 0 aliphatic heterocycles. The first-order valence-corrected chi connectivity index (χ1v) is 4.36. The summed E-state index contributed by atoms with van der Waals surface area (Å²) in [7, 11) is 0. The first kappa shape index (κ1) is 9.99. The van der Waals surface area contributed by atoms with Crippen LogP contribution >= 0.6 is 11.6 Å². The molecule has 2 N–H and O–H groups in total. The van der Waals surface area contributed by atoms with Crippen molar-refractivity contribution in [3.63, 3.8) is 0 Å². The van der Waals surface area contributed by atoms with E-state index in [0.29, 0.717) is 17.3 Å². The highest BCUT2D eigenvalue weighted by molar-refractivity contribution is 6.30. The van der Waals surface area contributed by atoms with Gasteiger partial charge >= 0.3 is 0 Å². The topological polar surface area (TPSA) is 56.0 Å². The third-order valence-electron chi connectivity index (χ3n) is 1.74. The van der Waals surface area contributed by atoms with E-state index in [1.54, 1.807) is 6.07 Å². The molecule has 0 saturated carbocycles. The molecule has 70 valence electrons. The van der Waals surface area contributed by atoms with Crippen molar-refractivity contribution in [2.24, 2.45) is 5.92 Å². The molecule has 0 bridgehead atoms. The summed E-state index contributed by atoms with van der Waals surface area (Å²) in [5.41, 5.74) is 6.43. The average Bonchev–Trinajstić information content (AvgIpc) is 2.11. The standard InChI is InChI=1S/C9H11ClN2O/c1-6(5-13)2-7-3-8(10)4-12-9(7)11/h3-6H,2H2,1H3,(H2,11,12). The van der Waals surface area contributed by atoms with Gasteiger partial charge in [-0.3, -0.25) is 0 Å². The predicted molar refractivity (Wildman–Crippen MR) is 52.6 cm³/mol. The van der Waals surface area contributed by atoms with Crippen molar-refractivity contribution >= 4 is 23.7 Å². The number of nitrogens with zero attached hydrogens (tertiary/aromatic N) is 1. The number of carbonyl (C=O) groups is 1. The van der Waals surface area contributed by atoms with Crippen molar-refractivity contribution in [1.82, 2.24) is 4.98 Å². The SMILES string of the molecule is CC(C=O)Cc1cc(Cl)cnc1N. The third-order valence-corrected chi connectivity index (χ3v) is 1.95. The highest BCUT2D eigenvalue weighted by Gasteiger charge is 2.06. The van der Waals surface area contributed by atoms with Crippen LogP contribution in [-0.4, -0.2) is 11.3 Å². The van der Waals surface area contributed by atoms with Gasteiger partial charge in [0, 0.05) is 12.1 Å². The Morgan fingerprint density at radius 3 is 3.08 bits per heavy atom. The van der Waals surface area contributed by atoms with Gasteiger partial charge in [0.1, 0.15) is 12.1 Å². The molecule has 3 nitrogen and oxygen atoms in total. The average molecular weight is 199 g/mol. The van der Waals surface area contributed by atoms with E-state index in [1.165, 1.54) is 6.20 Å². The number of anilines is 1. The summed E-state index contributed by atoms with van der Waals surface area (Å²) in [5.74, 6) is 0.390. The maximum atomic E-state index is 10.4. The maximum Gasteiger partial charge on any atom is 0.126 e. The monoisotopic (exact) mass is 198 g/mol. The second-order valence-electron chi connectivity index (χ2n) is 3.02. The van der Waals surface area contributed by atoms with E-state index in [0.717, 1.165) is 11.8 Å². The fourth-order valence-corrected chi connectivity index (χ4v) is 1.23. The highest BCUT2D eigenvalue weighted by atomic mass is 35.5. The van der Waals surface area contributed by atoms with Gasteiger partial charge in [0.25, 0.3) is 0 Å². The van der Waals surface area contributed by atoms with E-state index < -0.39 is 0 Å². The molecule has 0 aromatic carbocycles. The quantitative estimate of drug-likeness (QED) is 0.753. The Morgan fingerprint density at radius 2 is 2.46 bits per heavy atom. The van der Waals surface area contributed by atoms with Crippen molar-refractivity contribution in [1.29, 1.82) is 0 Å². The van der Waals surface area contributed by atoms with Crippen LogP contribution in [0, 0.1) is 5.92 Å². The number of pyridine rings is 1. The van der Waals surface area contributed by atoms with Gasteiger partial charge in [-0.2, -0.15) is 0 Å². The number of aromatic nitrogens is 1. The first-order chi connectivity index (χ1) is 6.13. The minimum atomic E-state index is -0.0532. The Balaban J connectivity index is 2.86. The third kappa shape index (κ3) is 2.70. The summed E-state index contributed by atoms with van der Waals surface area (Å²) >= 11 is 5.74. The van der Waals surface area contributed by atoms with Crippen LogP contribution in [0.2, 0.25) is 5.02 Å². The van der Waals surface area contributed by atoms with Gasteiger partial charge in [-0.25, -0.2) is 4.98 Å². The molecule has 0 aliphatic carbocycles. The second kappa shape index (κ2) is 4.23. The Kier molecular flexibility index (Phi) is 3.25. The van der Waals surface area contributed by atoms with Gasteiger partial charge in [0.2, 0.25) is 0 Å². The summed E-state index contributed by atoms with van der Waals surface area (Å²) in [5, 5.41) is 0.544. The molecule has 1 atom stereocenters. The molecule has 0 spiro atoms. The van der Waals surface area contributed by atoms with Crippen molar-refractivity contribution in [2.75, 3.05) is 5.73 Å². The molecule has 0 aliphatic rings. The predicted octanol–water partition coefficient (Wildman–Crippen LogP) is 1.69. The van der Waals surface area contributed by atoms with Crippen molar-refractivity contribution in [3.8, 4) is 0 Å². The number of hydrogen-bond donors (Lipinski definition) is 1. The van der Waals surface area contributed by atoms with Crippen LogP contribution < -0.4 is 5.73 Å². The number of rotatable bonds is 3. The molecule has 1 aromatic rings. The maximum absolute atomic E-state index is 10.4. The number of nitrogens with two attached hydrogens (primary N) is 1. The van der Waals surface area contributed by atoms with E-state index in [1.807, 2.05) is 6.92 Å². The lowest BCUT2D eigenvalue weighted by atomic mass is 10.0. The fraction of sp³-hybridized carbons (Fsp3) is 0.333. The molecule has 0 amide bonds. The van der Waals surface area contributed by atoms with Gasteiger partial charge < -0.3 is 10.5 Å². The first-order valence-electron chi connectivity index (χ1n) is 3.98. The summed E-state index contributed by atoms with van der Waals surface area (Å²) < 4.78 is 0. The lowest BCUT2D eigenvalue weighted by molar-refractivity contribution is -0.110. The van der Waals surface area contributed by atoms with Gasteiger partial charge in [0.15, 0.2) is 0 Å². The summed E-state index contributed by atoms with van der Waals surface area (Å²) in [6, 6.07) is 1.74. The van der Waals surface area contributed by atoms with Gasteiger partial charge in [-0.15, -0.1) is 0 Å². The van der Waals surface area contributed by atoms with E-state index in [2.05, 4.69) is 4.98 Å². The minimum Gasteiger partial charge on any atom is -0.383 e. The van der Waals surface area contributed by atoms with Crippen LogP contribution in [0.4, 0.5) is 5.82 Å². The van der Waals surface area contributed by atoms with Crippen LogP contribution in [0.5, 0.6) is 0 Å². The zero-order chi connectivity index (χ0) is 9.84. The van der Waals surface area contributed by atoms with Gasteiger partial charge in [-0.1, -0.05) is 18.5 Å². The minimum absolute atomic E-state index is 0.0532. The summed E-state index contributed by atoms with van der Waals surface area (Å²) in [4.78, 5) is 14.3. The Bertz CT molecular complexity index is 314. The highest BCUT2D eigenvalue weighted by Crippen LogP contribution is 2.17. The number of aldehydes is 1. The zero-order valence-electron chi connectivity index (χ0n) is 7.33. The van der Waals surface area contributed by atoms with Crippen LogP contribution in [0.15, 0.2) is 12.3 Å². The number of carbonyl (C=O) groups excluding carboxylic acids is 1. The smallest absolute Gasteiger partial charge is 0.126 e. The normalized spacial score (nSPS) is 12.5. The van der Waals surface area contributed by atoms with Crippen molar-refractivity contribution in [2.45, 2.75) is 13.3 Å². The molecule has 1 unspecified atom stereocenters. The van der Waals surface area contributed by atoms with Gasteiger partial charge in [-0.05, 0) is 18.1 Å². The van der Waals surface area contributed by atoms with E-state index in [4.69, 9.17) is 17.3 Å². The number of nitrogen functional groups attached to an aromatic ring is 1. The van der Waals surface area contributed by atoms with Crippen molar-refractivity contribution < 1.29 is 4.79 Å². The Labute approximate surface area is 81.9 Å². The summed E-state index contributed by atoms with van der Waals surface area (Å²) in [6.07, 6.45) is 2.97. The van der Waals surface area contributed by atoms with Crippen molar-refractivity contribution in [3.05, 3.63) is 22.8 Å². The zero-order valence-corrected chi connectivity index (χ0v) is 8.08. The number of halogens is 1. The number of hydrogen-bond acceptors (Lipinski definition) is 3. The molecule has 13 heavy (non-hydrogen) atoms. The molecular weight excluding hydrogens is 188 g/mol. The van der Waals surface area contributed by atoms with Crippen LogP contribution in [0.3, 0.4) is 0 Å².